The van der Waals surface area contributed by atoms with E-state index in [0.29, 0.717) is 61.1 Å². The molecule has 1 unspecified atom stereocenters. The normalized spacial score (nSPS) is 22.4. The Morgan fingerprint density at radius 2 is 1.78 bits per heavy atom. The molecule has 0 spiro atoms. The van der Waals surface area contributed by atoms with Gasteiger partial charge < -0.3 is 25.2 Å². The maximum Gasteiger partial charge on any atom is 0.254 e. The molecule has 3 aliphatic heterocycles. The number of benzene rings is 1. The summed E-state index contributed by atoms with van der Waals surface area (Å²) >= 11 is 0. The third kappa shape index (κ3) is 6.01. The Hall–Kier alpha value is -3.66. The number of amides is 2. The van der Waals surface area contributed by atoms with Crippen molar-refractivity contribution in [2.45, 2.75) is 50.1 Å². The topological polar surface area (TPSA) is 140 Å². The highest BCUT2D eigenvalue weighted by atomic mass is 32.2. The van der Waals surface area contributed by atoms with Crippen LogP contribution < -0.4 is 10.6 Å². The Balaban J connectivity index is 1.27. The number of nitrogens with zero attached hydrogens (tertiary/aromatic N) is 4. The minimum atomic E-state index is -4.34. The molecule has 2 amide bonds. The number of nitrogens with one attached hydrogen (secondary N) is 3. The highest BCUT2D eigenvalue weighted by Crippen LogP contribution is 2.44. The smallest absolute Gasteiger partial charge is 0.254 e. The number of fused-ring (bicyclic) bond motifs is 1. The van der Waals surface area contributed by atoms with Gasteiger partial charge in [-0.05, 0) is 58.4 Å². The summed E-state index contributed by atoms with van der Waals surface area (Å²) < 4.78 is 61.5. The predicted octanol–water partition coefficient (Wildman–Crippen LogP) is 2.40. The SMILES string of the molecule is CN1CCN(C2=CC(NC(=O)C3CCOC3)=C(C(=O)Nc3n[nH]c4c3CN(S(=O)(=O)c3cc(F)cc(F)c3)C4(C)C)CC2)CC1. The number of likely N-dealkylation sites (N-methyl/N-ethyl adjacent to an activating group) is 1. The van der Waals surface area contributed by atoms with E-state index in [1.807, 2.05) is 6.08 Å². The molecule has 1 atom stereocenters. The fraction of sp³-hybridized carbons (Fsp3) is 0.500. The van der Waals surface area contributed by atoms with Crippen molar-refractivity contribution >= 4 is 27.7 Å². The van der Waals surface area contributed by atoms with Crippen LogP contribution in [-0.4, -0.2) is 91.0 Å². The molecule has 3 N–H and O–H groups in total. The second-order valence-corrected chi connectivity index (χ2v) is 14.3. The molecule has 12 nitrogen and oxygen atoms in total. The van der Waals surface area contributed by atoms with Crippen LogP contribution in [0.25, 0.3) is 0 Å². The van der Waals surface area contributed by atoms with Gasteiger partial charge in [0.15, 0.2) is 5.82 Å². The standard InChI is InChI=1S/C30H37F2N7O5S/c1-30(2)26-24(16-39(30)45(42,43)22-13-19(31)12-20(32)14-22)27(36-35-26)34-29(41)23-5-4-21(38-9-7-37(3)8-10-38)15-25(23)33-28(40)18-6-11-44-17-18/h12-15,18H,4-11,16-17H2,1-3H3,(H,33,40)(H2,34,35,36,41). The number of hydrogen-bond acceptors (Lipinski definition) is 8. The van der Waals surface area contributed by atoms with Crippen molar-refractivity contribution < 1.29 is 31.5 Å². The molecule has 15 heteroatoms. The van der Waals surface area contributed by atoms with Crippen LogP contribution >= 0.6 is 0 Å². The Bertz CT molecular complexity index is 1670. The molecule has 45 heavy (non-hydrogen) atoms. The Kier molecular flexibility index (Phi) is 8.31. The average molecular weight is 646 g/mol. The van der Waals surface area contributed by atoms with Gasteiger partial charge in [0.25, 0.3) is 5.91 Å². The molecular formula is C30H37F2N7O5S. The van der Waals surface area contributed by atoms with E-state index in [-0.39, 0.29) is 24.2 Å². The number of allylic oxidation sites excluding steroid dienone is 2. The first-order valence-electron chi connectivity index (χ1n) is 15.0. The van der Waals surface area contributed by atoms with Gasteiger partial charge in [-0.2, -0.15) is 9.40 Å². The maximum atomic E-state index is 13.9. The van der Waals surface area contributed by atoms with Gasteiger partial charge in [-0.3, -0.25) is 14.7 Å². The quantitative estimate of drug-likeness (QED) is 0.417. The summed E-state index contributed by atoms with van der Waals surface area (Å²) in [5.74, 6) is -2.86. The zero-order valence-corrected chi connectivity index (χ0v) is 26.3. The maximum absolute atomic E-state index is 13.9. The van der Waals surface area contributed by atoms with Gasteiger partial charge >= 0.3 is 0 Å². The van der Waals surface area contributed by atoms with Gasteiger partial charge in [-0.1, -0.05) is 0 Å². The van der Waals surface area contributed by atoms with Gasteiger partial charge in [0.05, 0.1) is 34.4 Å². The molecule has 2 fully saturated rings. The van der Waals surface area contributed by atoms with E-state index in [4.69, 9.17) is 4.74 Å². The van der Waals surface area contributed by atoms with Crippen LogP contribution in [0.2, 0.25) is 0 Å². The largest absolute Gasteiger partial charge is 0.381 e. The number of anilines is 1. The number of hydrogen-bond donors (Lipinski definition) is 3. The zero-order chi connectivity index (χ0) is 32.1. The molecule has 1 aromatic carbocycles. The van der Waals surface area contributed by atoms with E-state index in [1.165, 1.54) is 0 Å². The summed E-state index contributed by atoms with van der Waals surface area (Å²) in [5, 5.41) is 12.9. The van der Waals surface area contributed by atoms with Crippen LogP contribution in [0.1, 0.15) is 44.4 Å². The van der Waals surface area contributed by atoms with E-state index < -0.39 is 38.0 Å². The van der Waals surface area contributed by atoms with Crippen LogP contribution in [0.3, 0.4) is 0 Å². The van der Waals surface area contributed by atoms with E-state index in [9.17, 15) is 26.8 Å². The molecule has 4 aliphatic rings. The summed E-state index contributed by atoms with van der Waals surface area (Å²) in [6, 6.07) is 2.15. The lowest BCUT2D eigenvalue weighted by Gasteiger charge is -2.37. The number of carbonyl (C=O) groups excluding carboxylic acids is 2. The van der Waals surface area contributed by atoms with Crippen molar-refractivity contribution in [1.82, 2.24) is 29.6 Å². The third-order valence-electron chi connectivity index (χ3n) is 9.07. The molecule has 2 aromatic rings. The highest BCUT2D eigenvalue weighted by molar-refractivity contribution is 7.89. The van der Waals surface area contributed by atoms with Crippen molar-refractivity contribution in [3.05, 3.63) is 64.1 Å². The molecule has 0 saturated carbocycles. The Morgan fingerprint density at radius 1 is 1.07 bits per heavy atom. The van der Waals surface area contributed by atoms with E-state index in [2.05, 4.69) is 37.7 Å². The van der Waals surface area contributed by atoms with Crippen molar-refractivity contribution in [3.63, 3.8) is 0 Å². The first kappa shape index (κ1) is 31.3. The molecule has 2 saturated heterocycles. The number of aromatic nitrogens is 2. The molecule has 6 rings (SSSR count). The summed E-state index contributed by atoms with van der Waals surface area (Å²) in [6.45, 7) is 7.45. The molecule has 242 valence electrons. The monoisotopic (exact) mass is 645 g/mol. The lowest BCUT2D eigenvalue weighted by atomic mass is 9.96. The second kappa shape index (κ2) is 11.9. The molecule has 0 radical (unpaired) electrons. The molecule has 0 bridgehead atoms. The Morgan fingerprint density at radius 3 is 2.44 bits per heavy atom. The van der Waals surface area contributed by atoms with Gasteiger partial charge in [0, 0.05) is 62.2 Å². The molecule has 4 heterocycles. The van der Waals surface area contributed by atoms with Crippen LogP contribution in [0.4, 0.5) is 14.6 Å². The lowest BCUT2D eigenvalue weighted by Crippen LogP contribution is -2.44. The molecular weight excluding hydrogens is 608 g/mol. The third-order valence-corrected chi connectivity index (χ3v) is 11.1. The Labute approximate surface area is 260 Å². The number of sulfonamides is 1. The van der Waals surface area contributed by atoms with Gasteiger partial charge in [0.1, 0.15) is 11.6 Å². The van der Waals surface area contributed by atoms with E-state index in [1.54, 1.807) is 13.8 Å². The number of ether oxygens (including phenoxy) is 1. The van der Waals surface area contributed by atoms with Crippen LogP contribution in [0, 0.1) is 17.6 Å². The van der Waals surface area contributed by atoms with Gasteiger partial charge in [-0.25, -0.2) is 17.2 Å². The minimum Gasteiger partial charge on any atom is -0.381 e. The summed E-state index contributed by atoms with van der Waals surface area (Å²) in [5.41, 5.74) is 1.58. The summed E-state index contributed by atoms with van der Waals surface area (Å²) in [6.07, 6.45) is 3.47. The first-order valence-corrected chi connectivity index (χ1v) is 16.4. The van der Waals surface area contributed by atoms with Crippen molar-refractivity contribution in [3.8, 4) is 0 Å². The van der Waals surface area contributed by atoms with E-state index in [0.717, 1.165) is 48.3 Å². The van der Waals surface area contributed by atoms with Gasteiger partial charge in [0.2, 0.25) is 15.9 Å². The summed E-state index contributed by atoms with van der Waals surface area (Å²) in [7, 11) is -2.26. The van der Waals surface area contributed by atoms with Crippen LogP contribution in [0.5, 0.6) is 0 Å². The number of halogens is 2. The average Bonchev–Trinajstić information content (AvgIpc) is 3.72. The second-order valence-electron chi connectivity index (χ2n) is 12.4. The van der Waals surface area contributed by atoms with Crippen molar-refractivity contribution in [2.75, 3.05) is 51.8 Å². The predicted molar refractivity (Wildman–Crippen MR) is 160 cm³/mol. The van der Waals surface area contributed by atoms with E-state index >= 15 is 0 Å². The lowest BCUT2D eigenvalue weighted by molar-refractivity contribution is -0.124. The van der Waals surface area contributed by atoms with Crippen LogP contribution in [-0.2, 0) is 36.4 Å². The van der Waals surface area contributed by atoms with Gasteiger partial charge in [-0.15, -0.1) is 0 Å². The number of aromatic amines is 1. The summed E-state index contributed by atoms with van der Waals surface area (Å²) in [4.78, 5) is 30.9. The van der Waals surface area contributed by atoms with Crippen LogP contribution in [0.15, 0.2) is 46.1 Å². The minimum absolute atomic E-state index is 0.141. The zero-order valence-electron chi connectivity index (χ0n) is 25.5. The number of rotatable bonds is 7. The van der Waals surface area contributed by atoms with Crippen molar-refractivity contribution in [2.24, 2.45) is 5.92 Å². The first-order chi connectivity index (χ1) is 21.3. The highest BCUT2D eigenvalue weighted by Gasteiger charge is 2.48. The number of H-pyrrole nitrogens is 1. The fourth-order valence-corrected chi connectivity index (χ4v) is 8.12. The van der Waals surface area contributed by atoms with Crippen molar-refractivity contribution in [1.29, 1.82) is 0 Å². The number of carbonyl (C=O) groups is 2. The molecule has 1 aliphatic carbocycles. The molecule has 1 aromatic heterocycles. The fourth-order valence-electron chi connectivity index (χ4n) is 6.35. The number of piperazine rings is 1.